The van der Waals surface area contributed by atoms with Gasteiger partial charge in [-0.3, -0.25) is 0 Å². The topological polar surface area (TPSA) is 87.1 Å². The molecule has 17 heavy (non-hydrogen) atoms. The van der Waals surface area contributed by atoms with Crippen LogP contribution in [-0.4, -0.2) is 23.0 Å². The summed E-state index contributed by atoms with van der Waals surface area (Å²) in [5.74, 6) is 0.0584. The summed E-state index contributed by atoms with van der Waals surface area (Å²) in [5.41, 5.74) is 1.13. The monoisotopic (exact) mass is 231 g/mol. The first-order chi connectivity index (χ1) is 7.81. The molecule has 0 radical (unpaired) electrons. The van der Waals surface area contributed by atoms with Gasteiger partial charge >= 0.3 is 5.97 Å². The number of rotatable bonds is 2. The maximum Gasteiger partial charge on any atom is 0.356 e. The third-order valence-corrected chi connectivity index (χ3v) is 2.08. The fourth-order valence-electron chi connectivity index (χ4n) is 1.30. The van der Waals surface area contributed by atoms with E-state index in [1.807, 2.05) is 30.3 Å². The maximum atomic E-state index is 11.3. The Morgan fingerprint density at radius 1 is 1.18 bits per heavy atom. The van der Waals surface area contributed by atoms with Crippen LogP contribution in [0.25, 0.3) is 11.4 Å². The van der Waals surface area contributed by atoms with Crippen LogP contribution in [0.4, 0.5) is 0 Å². The third-order valence-electron chi connectivity index (χ3n) is 2.08. The molecule has 88 valence electrons. The number of ether oxygens (including phenoxy) is 1. The number of esters is 1. The molecule has 3 N–H and O–H groups in total. The van der Waals surface area contributed by atoms with Crippen LogP contribution in [-0.2, 0) is 4.74 Å². The molecule has 1 aromatic carbocycles. The molecule has 5 nitrogen and oxygen atoms in total. The van der Waals surface area contributed by atoms with Gasteiger partial charge in [-0.2, -0.15) is 0 Å². The van der Waals surface area contributed by atoms with Crippen molar-refractivity contribution in [2.24, 2.45) is 0 Å². The number of carbonyl (C=O) groups excluding carboxylic acids is 1. The molecular weight excluding hydrogens is 218 g/mol. The molecular formula is C12H13N3O2. The zero-order valence-corrected chi connectivity index (χ0v) is 9.46. The fourth-order valence-corrected chi connectivity index (χ4v) is 1.30. The Labute approximate surface area is 99.1 Å². The van der Waals surface area contributed by atoms with Gasteiger partial charge in [0, 0.05) is 11.8 Å². The Hall–Kier alpha value is -2.27. The van der Waals surface area contributed by atoms with Gasteiger partial charge in [-0.25, -0.2) is 14.8 Å². The predicted molar refractivity (Wildman–Crippen MR) is 63.8 cm³/mol. The molecule has 0 aliphatic rings. The predicted octanol–water partition coefficient (Wildman–Crippen LogP) is 2.09. The highest BCUT2D eigenvalue weighted by molar-refractivity contribution is 5.87. The van der Waals surface area contributed by atoms with Crippen molar-refractivity contribution in [3.63, 3.8) is 0 Å². The van der Waals surface area contributed by atoms with Gasteiger partial charge in [-0.05, 0) is 6.07 Å². The van der Waals surface area contributed by atoms with E-state index in [4.69, 9.17) is 0 Å². The molecule has 0 aliphatic heterocycles. The molecule has 0 aliphatic carbocycles. The summed E-state index contributed by atoms with van der Waals surface area (Å²) >= 11 is 0. The Balaban J connectivity index is 0.00000144. The van der Waals surface area contributed by atoms with E-state index in [-0.39, 0.29) is 11.8 Å². The van der Waals surface area contributed by atoms with Gasteiger partial charge in [0.15, 0.2) is 11.5 Å². The molecule has 0 amide bonds. The first-order valence-electron chi connectivity index (χ1n) is 4.78. The van der Waals surface area contributed by atoms with E-state index in [2.05, 4.69) is 14.7 Å². The van der Waals surface area contributed by atoms with Gasteiger partial charge in [0.2, 0.25) is 0 Å². The summed E-state index contributed by atoms with van der Waals surface area (Å²) in [4.78, 5) is 19.5. The van der Waals surface area contributed by atoms with Gasteiger partial charge < -0.3 is 10.9 Å². The van der Waals surface area contributed by atoms with Crippen LogP contribution in [0.3, 0.4) is 0 Å². The van der Waals surface area contributed by atoms with Crippen molar-refractivity contribution >= 4 is 5.97 Å². The molecule has 0 fully saturated rings. The molecule has 0 unspecified atom stereocenters. The number of benzene rings is 1. The van der Waals surface area contributed by atoms with Crippen LogP contribution >= 0.6 is 0 Å². The lowest BCUT2D eigenvalue weighted by molar-refractivity contribution is 0.0594. The van der Waals surface area contributed by atoms with Crippen molar-refractivity contribution in [1.29, 1.82) is 0 Å². The maximum absolute atomic E-state index is 11.3. The van der Waals surface area contributed by atoms with Gasteiger partial charge in [0.25, 0.3) is 0 Å². The molecule has 0 atom stereocenters. The summed E-state index contributed by atoms with van der Waals surface area (Å²) in [6, 6.07) is 11.0. The first-order valence-corrected chi connectivity index (χ1v) is 4.78. The van der Waals surface area contributed by atoms with E-state index < -0.39 is 5.97 Å². The number of methoxy groups -OCH3 is 1. The van der Waals surface area contributed by atoms with Gasteiger partial charge in [0.1, 0.15) is 0 Å². The zero-order chi connectivity index (χ0) is 11.4. The standard InChI is InChI=1S/C12H10N2O2.H3N/c1-16-12(15)10-7-8-13-11(14-10)9-5-3-2-4-6-9;/h2-8H,1H3;1H3. The van der Waals surface area contributed by atoms with E-state index in [0.717, 1.165) is 5.56 Å². The summed E-state index contributed by atoms with van der Waals surface area (Å²) < 4.78 is 4.60. The van der Waals surface area contributed by atoms with Crippen LogP contribution in [0.2, 0.25) is 0 Å². The number of carbonyl (C=O) groups is 1. The summed E-state index contributed by atoms with van der Waals surface area (Å²) in [7, 11) is 1.33. The second-order valence-electron chi connectivity index (χ2n) is 3.12. The molecule has 2 aromatic rings. The third kappa shape index (κ3) is 2.85. The van der Waals surface area contributed by atoms with E-state index in [1.54, 1.807) is 6.20 Å². The number of hydrogen-bond acceptors (Lipinski definition) is 5. The average Bonchev–Trinajstić information content (AvgIpc) is 2.39. The van der Waals surface area contributed by atoms with Crippen molar-refractivity contribution < 1.29 is 9.53 Å². The molecule has 5 heteroatoms. The van der Waals surface area contributed by atoms with Crippen molar-refractivity contribution in [3.8, 4) is 11.4 Å². The lowest BCUT2D eigenvalue weighted by Crippen LogP contribution is -2.05. The summed E-state index contributed by atoms with van der Waals surface area (Å²) in [5, 5.41) is 0. The van der Waals surface area contributed by atoms with Gasteiger partial charge in [0.05, 0.1) is 7.11 Å². The largest absolute Gasteiger partial charge is 0.464 e. The lowest BCUT2D eigenvalue weighted by atomic mass is 10.2. The second kappa shape index (κ2) is 5.72. The molecule has 0 saturated heterocycles. The number of aromatic nitrogens is 2. The van der Waals surface area contributed by atoms with Gasteiger partial charge in [-0.15, -0.1) is 0 Å². The quantitative estimate of drug-likeness (QED) is 0.799. The summed E-state index contributed by atoms with van der Waals surface area (Å²) in [6.45, 7) is 0. The van der Waals surface area contributed by atoms with E-state index in [9.17, 15) is 4.79 Å². The molecule has 1 aromatic heterocycles. The first kappa shape index (κ1) is 12.8. The lowest BCUT2D eigenvalue weighted by Gasteiger charge is -2.01. The molecule has 1 heterocycles. The van der Waals surface area contributed by atoms with E-state index in [0.29, 0.717) is 5.82 Å². The fraction of sp³-hybridized carbons (Fsp3) is 0.0833. The summed E-state index contributed by atoms with van der Waals surface area (Å²) in [6.07, 6.45) is 1.54. The van der Waals surface area contributed by atoms with Crippen LogP contribution < -0.4 is 6.15 Å². The van der Waals surface area contributed by atoms with Crippen molar-refractivity contribution in [3.05, 3.63) is 48.3 Å². The molecule has 2 rings (SSSR count). The zero-order valence-electron chi connectivity index (χ0n) is 9.46. The Morgan fingerprint density at radius 2 is 1.88 bits per heavy atom. The van der Waals surface area contributed by atoms with Crippen LogP contribution in [0.15, 0.2) is 42.6 Å². The minimum atomic E-state index is -0.459. The molecule has 0 bridgehead atoms. The molecule has 0 spiro atoms. The average molecular weight is 231 g/mol. The second-order valence-corrected chi connectivity index (χ2v) is 3.12. The van der Waals surface area contributed by atoms with Gasteiger partial charge in [-0.1, -0.05) is 30.3 Å². The number of hydrogen-bond donors (Lipinski definition) is 1. The number of nitrogens with zero attached hydrogens (tertiary/aromatic N) is 2. The molecule has 0 saturated carbocycles. The van der Waals surface area contributed by atoms with Crippen molar-refractivity contribution in [2.45, 2.75) is 0 Å². The van der Waals surface area contributed by atoms with Crippen LogP contribution in [0.1, 0.15) is 10.5 Å². The normalized spacial score (nSPS) is 9.24. The minimum Gasteiger partial charge on any atom is -0.464 e. The SMILES string of the molecule is COC(=O)c1ccnc(-c2ccccc2)n1.N. The Kier molecular flexibility index (Phi) is 4.30. The highest BCUT2D eigenvalue weighted by Gasteiger charge is 2.08. The van der Waals surface area contributed by atoms with E-state index >= 15 is 0 Å². The smallest absolute Gasteiger partial charge is 0.356 e. The van der Waals surface area contributed by atoms with E-state index in [1.165, 1.54) is 13.2 Å². The highest BCUT2D eigenvalue weighted by atomic mass is 16.5. The Bertz CT molecular complexity index is 500. The minimum absolute atomic E-state index is 0. The van der Waals surface area contributed by atoms with Crippen molar-refractivity contribution in [2.75, 3.05) is 7.11 Å². The Morgan fingerprint density at radius 3 is 2.53 bits per heavy atom. The van der Waals surface area contributed by atoms with Crippen LogP contribution in [0, 0.1) is 0 Å². The highest BCUT2D eigenvalue weighted by Crippen LogP contribution is 2.13. The van der Waals surface area contributed by atoms with Crippen molar-refractivity contribution in [1.82, 2.24) is 16.1 Å². The van der Waals surface area contributed by atoms with Crippen LogP contribution in [0.5, 0.6) is 0 Å².